The maximum atomic E-state index is 5.70. The normalized spacial score (nSPS) is 10.8. The van der Waals surface area contributed by atoms with Crippen molar-refractivity contribution in [1.29, 1.82) is 0 Å². The molecule has 0 aliphatic heterocycles. The largest absolute Gasteiger partial charge is 0.325 e. The predicted octanol–water partition coefficient (Wildman–Crippen LogP) is 2.62. The van der Waals surface area contributed by atoms with E-state index in [1.54, 1.807) is 4.68 Å². The minimum atomic E-state index is 0.460. The topological polar surface area (TPSA) is 43.8 Å². The molecule has 0 saturated carbocycles. The molecule has 2 aromatic rings. The van der Waals surface area contributed by atoms with E-state index >= 15 is 0 Å². The molecular weight excluding hydrogens is 266 g/mol. The summed E-state index contributed by atoms with van der Waals surface area (Å²) in [5, 5.41) is 4.35. The minimum absolute atomic E-state index is 0.460. The van der Waals surface area contributed by atoms with Crippen molar-refractivity contribution < 1.29 is 0 Å². The summed E-state index contributed by atoms with van der Waals surface area (Å²) in [7, 11) is 1.91. The third kappa shape index (κ3) is 2.03. The van der Waals surface area contributed by atoms with Gasteiger partial charge in [0, 0.05) is 29.8 Å². The Kier molecular flexibility index (Phi) is 3.12. The zero-order valence-corrected chi connectivity index (χ0v) is 11.0. The highest BCUT2D eigenvalue weighted by molar-refractivity contribution is 9.10. The number of aromatic nitrogens is 2. The van der Waals surface area contributed by atoms with Gasteiger partial charge in [-0.05, 0) is 30.2 Å². The lowest BCUT2D eigenvalue weighted by Crippen LogP contribution is -2.00. The Morgan fingerprint density at radius 3 is 2.81 bits per heavy atom. The second-order valence-corrected chi connectivity index (χ2v) is 4.74. The molecule has 0 unspecified atom stereocenters. The van der Waals surface area contributed by atoms with Crippen LogP contribution in [-0.4, -0.2) is 9.78 Å². The van der Waals surface area contributed by atoms with E-state index in [1.165, 1.54) is 11.1 Å². The highest BCUT2D eigenvalue weighted by Crippen LogP contribution is 2.28. The van der Waals surface area contributed by atoms with E-state index in [4.69, 9.17) is 5.73 Å². The standard InChI is InChI=1S/C12H14BrN3/c1-8-3-4-9(13)5-10(8)11-7-16(2)15-12(11)6-14/h3-5,7H,6,14H2,1-2H3. The molecular formula is C12H14BrN3. The number of benzene rings is 1. The van der Waals surface area contributed by atoms with E-state index in [-0.39, 0.29) is 0 Å². The molecule has 0 aliphatic carbocycles. The van der Waals surface area contributed by atoms with Gasteiger partial charge in [-0.25, -0.2) is 0 Å². The van der Waals surface area contributed by atoms with Crippen LogP contribution < -0.4 is 5.73 Å². The molecule has 0 aliphatic rings. The molecule has 0 saturated heterocycles. The molecule has 0 spiro atoms. The van der Waals surface area contributed by atoms with E-state index in [0.29, 0.717) is 6.54 Å². The SMILES string of the molecule is Cc1ccc(Br)cc1-c1cn(C)nc1CN. The summed E-state index contributed by atoms with van der Waals surface area (Å²) in [6.07, 6.45) is 2.01. The van der Waals surface area contributed by atoms with Crippen LogP contribution in [0.4, 0.5) is 0 Å². The van der Waals surface area contributed by atoms with E-state index in [2.05, 4.69) is 40.1 Å². The van der Waals surface area contributed by atoms with Gasteiger partial charge in [-0.1, -0.05) is 22.0 Å². The smallest absolute Gasteiger partial charge is 0.0838 e. The Hall–Kier alpha value is -1.13. The lowest BCUT2D eigenvalue weighted by molar-refractivity contribution is 0.742. The van der Waals surface area contributed by atoms with Gasteiger partial charge in [0.2, 0.25) is 0 Å². The van der Waals surface area contributed by atoms with Crippen LogP contribution in [0.5, 0.6) is 0 Å². The van der Waals surface area contributed by atoms with Crippen LogP contribution in [0.25, 0.3) is 11.1 Å². The molecule has 1 heterocycles. The average molecular weight is 280 g/mol. The molecule has 0 radical (unpaired) electrons. The summed E-state index contributed by atoms with van der Waals surface area (Å²) in [5.74, 6) is 0. The van der Waals surface area contributed by atoms with E-state index in [9.17, 15) is 0 Å². The molecule has 2 N–H and O–H groups in total. The first-order valence-corrected chi connectivity index (χ1v) is 5.90. The molecule has 0 atom stereocenters. The van der Waals surface area contributed by atoms with Crippen LogP contribution in [0.1, 0.15) is 11.3 Å². The lowest BCUT2D eigenvalue weighted by atomic mass is 10.0. The lowest BCUT2D eigenvalue weighted by Gasteiger charge is -2.05. The Bertz CT molecular complexity index is 517. The van der Waals surface area contributed by atoms with Gasteiger partial charge in [0.25, 0.3) is 0 Å². The number of hydrogen-bond donors (Lipinski definition) is 1. The quantitative estimate of drug-likeness (QED) is 0.919. The second kappa shape index (κ2) is 4.39. The third-order valence-corrected chi connectivity index (χ3v) is 3.08. The van der Waals surface area contributed by atoms with Gasteiger partial charge in [0.1, 0.15) is 0 Å². The molecule has 3 nitrogen and oxygen atoms in total. The molecule has 84 valence electrons. The van der Waals surface area contributed by atoms with Crippen molar-refractivity contribution in [2.24, 2.45) is 12.8 Å². The van der Waals surface area contributed by atoms with Crippen LogP contribution >= 0.6 is 15.9 Å². The van der Waals surface area contributed by atoms with Gasteiger partial charge < -0.3 is 5.73 Å². The van der Waals surface area contributed by atoms with Gasteiger partial charge in [-0.3, -0.25) is 4.68 Å². The fraction of sp³-hybridized carbons (Fsp3) is 0.250. The molecule has 16 heavy (non-hydrogen) atoms. The van der Waals surface area contributed by atoms with Crippen molar-refractivity contribution in [3.63, 3.8) is 0 Å². The number of rotatable bonds is 2. The molecule has 0 bridgehead atoms. The first-order chi connectivity index (χ1) is 7.61. The minimum Gasteiger partial charge on any atom is -0.325 e. The summed E-state index contributed by atoms with van der Waals surface area (Å²) in [5.41, 5.74) is 10.2. The highest BCUT2D eigenvalue weighted by atomic mass is 79.9. The monoisotopic (exact) mass is 279 g/mol. The van der Waals surface area contributed by atoms with Crippen molar-refractivity contribution in [1.82, 2.24) is 9.78 Å². The van der Waals surface area contributed by atoms with Crippen molar-refractivity contribution in [3.05, 3.63) is 40.1 Å². The first kappa shape index (κ1) is 11.4. The van der Waals surface area contributed by atoms with Crippen molar-refractivity contribution in [3.8, 4) is 11.1 Å². The van der Waals surface area contributed by atoms with Crippen molar-refractivity contribution >= 4 is 15.9 Å². The molecule has 0 amide bonds. The average Bonchev–Trinajstić information content (AvgIpc) is 2.63. The van der Waals surface area contributed by atoms with Crippen LogP contribution in [0.15, 0.2) is 28.9 Å². The van der Waals surface area contributed by atoms with Crippen molar-refractivity contribution in [2.75, 3.05) is 0 Å². The molecule has 1 aromatic heterocycles. The maximum Gasteiger partial charge on any atom is 0.0838 e. The summed E-state index contributed by atoms with van der Waals surface area (Å²) in [4.78, 5) is 0. The van der Waals surface area contributed by atoms with Gasteiger partial charge >= 0.3 is 0 Å². The third-order valence-electron chi connectivity index (χ3n) is 2.59. The number of nitrogens with two attached hydrogens (primary N) is 1. The Morgan fingerprint density at radius 1 is 1.38 bits per heavy atom. The van der Waals surface area contributed by atoms with Crippen molar-refractivity contribution in [2.45, 2.75) is 13.5 Å². The van der Waals surface area contributed by atoms with Crippen LogP contribution in [0, 0.1) is 6.92 Å². The van der Waals surface area contributed by atoms with E-state index in [1.807, 2.05) is 19.3 Å². The Balaban J connectivity index is 2.61. The summed E-state index contributed by atoms with van der Waals surface area (Å²) in [6, 6.07) is 6.23. The molecule has 4 heteroatoms. The van der Waals surface area contributed by atoms with Gasteiger partial charge in [0.05, 0.1) is 5.69 Å². The zero-order chi connectivity index (χ0) is 11.7. The maximum absolute atomic E-state index is 5.70. The van der Waals surface area contributed by atoms with Crippen LogP contribution in [-0.2, 0) is 13.6 Å². The van der Waals surface area contributed by atoms with Gasteiger partial charge in [0.15, 0.2) is 0 Å². The van der Waals surface area contributed by atoms with Crippen LogP contribution in [0.2, 0.25) is 0 Å². The fourth-order valence-electron chi connectivity index (χ4n) is 1.79. The number of halogens is 1. The number of hydrogen-bond acceptors (Lipinski definition) is 2. The highest BCUT2D eigenvalue weighted by Gasteiger charge is 2.10. The molecule has 2 rings (SSSR count). The predicted molar refractivity (Wildman–Crippen MR) is 69.0 cm³/mol. The van der Waals surface area contributed by atoms with Crippen LogP contribution in [0.3, 0.4) is 0 Å². The Morgan fingerprint density at radius 2 is 2.12 bits per heavy atom. The van der Waals surface area contributed by atoms with Gasteiger partial charge in [-0.2, -0.15) is 5.10 Å². The zero-order valence-electron chi connectivity index (χ0n) is 9.37. The molecule has 0 fully saturated rings. The van der Waals surface area contributed by atoms with E-state index < -0.39 is 0 Å². The number of aryl methyl sites for hydroxylation is 2. The second-order valence-electron chi connectivity index (χ2n) is 3.83. The number of nitrogens with zero attached hydrogens (tertiary/aromatic N) is 2. The summed E-state index contributed by atoms with van der Waals surface area (Å²) < 4.78 is 2.87. The summed E-state index contributed by atoms with van der Waals surface area (Å²) in [6.45, 7) is 2.55. The van der Waals surface area contributed by atoms with Gasteiger partial charge in [-0.15, -0.1) is 0 Å². The van der Waals surface area contributed by atoms with E-state index in [0.717, 1.165) is 15.7 Å². The molecule has 1 aromatic carbocycles. The Labute approximate surface area is 103 Å². The summed E-state index contributed by atoms with van der Waals surface area (Å²) >= 11 is 3.49. The fourth-order valence-corrected chi connectivity index (χ4v) is 2.16. The first-order valence-electron chi connectivity index (χ1n) is 5.11.